The Balaban J connectivity index is 2.11. The maximum Gasteiger partial charge on any atom is 0.307 e. The third-order valence-corrected chi connectivity index (χ3v) is 4.30. The first-order valence-corrected chi connectivity index (χ1v) is 7.06. The van der Waals surface area contributed by atoms with Gasteiger partial charge in [0.2, 0.25) is 5.91 Å². The fourth-order valence-corrected chi connectivity index (χ4v) is 2.94. The molecular weight excluding hydrogens is 278 g/mol. The van der Waals surface area contributed by atoms with E-state index >= 15 is 0 Å². The molecule has 0 bridgehead atoms. The SMILES string of the molecule is Cc1ccc(NC(=O)C2CC(C)CC2C(=O)O)cc1Cl. The second kappa shape index (κ2) is 5.83. The number of carbonyl (C=O) groups is 2. The summed E-state index contributed by atoms with van der Waals surface area (Å²) in [5, 5.41) is 12.5. The van der Waals surface area contributed by atoms with Crippen LogP contribution >= 0.6 is 11.6 Å². The van der Waals surface area contributed by atoms with E-state index in [9.17, 15) is 14.7 Å². The highest BCUT2D eigenvalue weighted by atomic mass is 35.5. The predicted octanol–water partition coefficient (Wildman–Crippen LogP) is 3.33. The number of aryl methyl sites for hydroxylation is 1. The lowest BCUT2D eigenvalue weighted by Crippen LogP contribution is -2.29. The number of rotatable bonds is 3. The first kappa shape index (κ1) is 14.9. The van der Waals surface area contributed by atoms with Crippen molar-refractivity contribution in [2.45, 2.75) is 26.7 Å². The number of nitrogens with one attached hydrogen (secondary N) is 1. The molecule has 2 rings (SSSR count). The minimum atomic E-state index is -0.892. The van der Waals surface area contributed by atoms with Crippen molar-refractivity contribution in [2.24, 2.45) is 17.8 Å². The first-order chi connectivity index (χ1) is 9.38. The molecule has 3 unspecified atom stereocenters. The van der Waals surface area contributed by atoms with Crippen molar-refractivity contribution in [3.05, 3.63) is 28.8 Å². The highest BCUT2D eigenvalue weighted by molar-refractivity contribution is 6.31. The number of halogens is 1. The van der Waals surface area contributed by atoms with E-state index in [0.717, 1.165) is 5.56 Å². The van der Waals surface area contributed by atoms with Gasteiger partial charge in [-0.25, -0.2) is 0 Å². The fourth-order valence-electron chi connectivity index (χ4n) is 2.76. The van der Waals surface area contributed by atoms with Gasteiger partial charge in [0.15, 0.2) is 0 Å². The third-order valence-electron chi connectivity index (χ3n) is 3.89. The van der Waals surface area contributed by atoms with Gasteiger partial charge in [-0.1, -0.05) is 24.6 Å². The van der Waals surface area contributed by atoms with Crippen molar-refractivity contribution < 1.29 is 14.7 Å². The molecule has 3 atom stereocenters. The molecule has 1 aromatic carbocycles. The average Bonchev–Trinajstić information content (AvgIpc) is 2.76. The van der Waals surface area contributed by atoms with Gasteiger partial charge in [0.1, 0.15) is 0 Å². The Labute approximate surface area is 123 Å². The summed E-state index contributed by atoms with van der Waals surface area (Å²) in [6.07, 6.45) is 1.17. The van der Waals surface area contributed by atoms with Crippen molar-refractivity contribution in [3.63, 3.8) is 0 Å². The van der Waals surface area contributed by atoms with Crippen LogP contribution in [0.5, 0.6) is 0 Å². The molecule has 0 aliphatic heterocycles. The van der Waals surface area contributed by atoms with Gasteiger partial charge in [-0.3, -0.25) is 9.59 Å². The molecule has 0 heterocycles. The zero-order chi connectivity index (χ0) is 14.9. The fraction of sp³-hybridized carbons (Fsp3) is 0.467. The van der Waals surface area contributed by atoms with Crippen molar-refractivity contribution in [2.75, 3.05) is 5.32 Å². The van der Waals surface area contributed by atoms with Gasteiger partial charge in [0.25, 0.3) is 0 Å². The summed E-state index contributed by atoms with van der Waals surface area (Å²) in [4.78, 5) is 23.5. The van der Waals surface area contributed by atoms with Crippen LogP contribution in [0.4, 0.5) is 5.69 Å². The summed E-state index contributed by atoms with van der Waals surface area (Å²) < 4.78 is 0. The summed E-state index contributed by atoms with van der Waals surface area (Å²) in [6, 6.07) is 5.28. The molecule has 5 heteroatoms. The Bertz CT molecular complexity index is 544. The standard InChI is InChI=1S/C15H18ClNO3/c1-8-5-11(12(6-8)15(19)20)14(18)17-10-4-3-9(2)13(16)7-10/h3-4,7-8,11-12H,5-6H2,1-2H3,(H,17,18)(H,19,20). The number of benzene rings is 1. The van der Waals surface area contributed by atoms with Crippen molar-refractivity contribution in [1.29, 1.82) is 0 Å². The quantitative estimate of drug-likeness (QED) is 0.899. The van der Waals surface area contributed by atoms with E-state index < -0.39 is 17.8 Å². The summed E-state index contributed by atoms with van der Waals surface area (Å²) in [5.74, 6) is -1.93. The van der Waals surface area contributed by atoms with E-state index in [1.807, 2.05) is 19.9 Å². The van der Waals surface area contributed by atoms with E-state index in [1.54, 1.807) is 12.1 Å². The molecule has 108 valence electrons. The molecule has 4 nitrogen and oxygen atoms in total. The van der Waals surface area contributed by atoms with Gasteiger partial charge in [0, 0.05) is 10.7 Å². The molecule has 1 saturated carbocycles. The zero-order valence-corrected chi connectivity index (χ0v) is 12.3. The number of hydrogen-bond donors (Lipinski definition) is 2. The number of carboxylic acids is 1. The van der Waals surface area contributed by atoms with Gasteiger partial charge in [0.05, 0.1) is 11.8 Å². The topological polar surface area (TPSA) is 66.4 Å². The summed E-state index contributed by atoms with van der Waals surface area (Å²) in [5.41, 5.74) is 1.54. The minimum Gasteiger partial charge on any atom is -0.481 e. The minimum absolute atomic E-state index is 0.235. The van der Waals surface area contributed by atoms with Crippen molar-refractivity contribution >= 4 is 29.2 Å². The van der Waals surface area contributed by atoms with Gasteiger partial charge < -0.3 is 10.4 Å². The summed E-state index contributed by atoms with van der Waals surface area (Å²) in [6.45, 7) is 3.86. The van der Waals surface area contributed by atoms with Crippen LogP contribution in [0.15, 0.2) is 18.2 Å². The number of aliphatic carboxylic acids is 1. The Morgan fingerprint density at radius 1 is 1.30 bits per heavy atom. The molecule has 2 N–H and O–H groups in total. The van der Waals surface area contributed by atoms with Gasteiger partial charge >= 0.3 is 5.97 Å². The van der Waals surface area contributed by atoms with E-state index in [1.165, 1.54) is 0 Å². The second-order valence-corrected chi connectivity index (χ2v) is 5.99. The largest absolute Gasteiger partial charge is 0.481 e. The Morgan fingerprint density at radius 3 is 2.55 bits per heavy atom. The summed E-state index contributed by atoms with van der Waals surface area (Å²) >= 11 is 6.01. The average molecular weight is 296 g/mol. The molecule has 1 amide bonds. The molecule has 0 spiro atoms. The zero-order valence-electron chi connectivity index (χ0n) is 11.5. The van der Waals surface area contributed by atoms with Crippen LogP contribution in [0.2, 0.25) is 5.02 Å². The van der Waals surface area contributed by atoms with E-state index in [2.05, 4.69) is 5.32 Å². The molecule has 20 heavy (non-hydrogen) atoms. The normalized spacial score (nSPS) is 25.4. The number of amides is 1. The Hall–Kier alpha value is -1.55. The molecule has 1 aliphatic rings. The lowest BCUT2D eigenvalue weighted by atomic mass is 9.95. The Kier molecular flexibility index (Phi) is 4.33. The Morgan fingerprint density at radius 2 is 1.95 bits per heavy atom. The first-order valence-electron chi connectivity index (χ1n) is 6.68. The second-order valence-electron chi connectivity index (χ2n) is 5.58. The van der Waals surface area contributed by atoms with Crippen LogP contribution in [0.25, 0.3) is 0 Å². The van der Waals surface area contributed by atoms with Crippen LogP contribution in [0.3, 0.4) is 0 Å². The lowest BCUT2D eigenvalue weighted by molar-refractivity contribution is -0.145. The summed E-state index contributed by atoms with van der Waals surface area (Å²) in [7, 11) is 0. The number of hydrogen-bond acceptors (Lipinski definition) is 2. The maximum absolute atomic E-state index is 12.3. The third kappa shape index (κ3) is 3.12. The van der Waals surface area contributed by atoms with E-state index in [4.69, 9.17) is 11.6 Å². The van der Waals surface area contributed by atoms with E-state index in [-0.39, 0.29) is 11.8 Å². The molecule has 1 aliphatic carbocycles. The number of carboxylic acid groups (broad SMARTS) is 1. The highest BCUT2D eigenvalue weighted by Gasteiger charge is 2.41. The van der Waals surface area contributed by atoms with Crippen LogP contribution < -0.4 is 5.32 Å². The number of carbonyl (C=O) groups excluding carboxylic acids is 1. The van der Waals surface area contributed by atoms with Crippen LogP contribution in [0, 0.1) is 24.7 Å². The van der Waals surface area contributed by atoms with Gasteiger partial charge in [-0.15, -0.1) is 0 Å². The molecule has 0 saturated heterocycles. The monoisotopic (exact) mass is 295 g/mol. The molecule has 1 aromatic rings. The molecule has 1 fully saturated rings. The van der Waals surface area contributed by atoms with Gasteiger partial charge in [-0.2, -0.15) is 0 Å². The van der Waals surface area contributed by atoms with Gasteiger partial charge in [-0.05, 0) is 43.4 Å². The highest BCUT2D eigenvalue weighted by Crippen LogP contribution is 2.37. The van der Waals surface area contributed by atoms with Crippen LogP contribution in [-0.2, 0) is 9.59 Å². The smallest absolute Gasteiger partial charge is 0.307 e. The van der Waals surface area contributed by atoms with Crippen molar-refractivity contribution in [1.82, 2.24) is 0 Å². The van der Waals surface area contributed by atoms with Crippen molar-refractivity contribution in [3.8, 4) is 0 Å². The lowest BCUT2D eigenvalue weighted by Gasteiger charge is -2.15. The van der Waals surface area contributed by atoms with Crippen LogP contribution in [-0.4, -0.2) is 17.0 Å². The predicted molar refractivity (Wildman–Crippen MR) is 77.8 cm³/mol. The molecule has 0 aromatic heterocycles. The number of anilines is 1. The van der Waals surface area contributed by atoms with Crippen LogP contribution in [0.1, 0.15) is 25.3 Å². The maximum atomic E-state index is 12.3. The molecular formula is C15H18ClNO3. The molecule has 0 radical (unpaired) electrons. The van der Waals surface area contributed by atoms with E-state index in [0.29, 0.717) is 23.6 Å².